The van der Waals surface area contributed by atoms with Crippen LogP contribution in [0.4, 0.5) is 119 Å². The summed E-state index contributed by atoms with van der Waals surface area (Å²) in [7, 11) is 0. The topological polar surface area (TPSA) is 72.9 Å². The van der Waals surface area contributed by atoms with Crippen molar-refractivity contribution in [3.63, 3.8) is 0 Å². The fourth-order valence-corrected chi connectivity index (χ4v) is 5.74. The Hall–Kier alpha value is -4.97. The second kappa shape index (κ2) is 14.5. The van der Waals surface area contributed by atoms with Crippen molar-refractivity contribution in [3.05, 3.63) is 58.7 Å². The predicted octanol–water partition coefficient (Wildman–Crippen LogP) is 11.4. The molecule has 0 atom stereocenters. The first kappa shape index (κ1) is 50.7. The highest BCUT2D eigenvalue weighted by molar-refractivity contribution is 6.01. The number of hydrogen-bond donors (Lipinski definition) is 0. The SMILES string of the molecule is O=C(OCC1c2cc(C(F)(F)C(F)(F)C(F)(F)C(F)(F)C(F)(F)C(F)(F)F)ccc2-c2ccc(C(F)(F)C(F)(F)C(F)(F)C(F)(F)C(F)(F)C(F)(F)F)cc21)ON1C(=O)CCC1=O. The fourth-order valence-electron chi connectivity index (χ4n) is 5.74. The van der Waals surface area contributed by atoms with Gasteiger partial charge in [0.2, 0.25) is 0 Å². The first-order valence-electron chi connectivity index (χ1n) is 15.8. The summed E-state index contributed by atoms with van der Waals surface area (Å²) in [6.45, 7) is -1.86. The van der Waals surface area contributed by atoms with Gasteiger partial charge < -0.3 is 4.74 Å². The molecule has 1 fully saturated rings. The third-order valence-electron chi connectivity index (χ3n) is 9.28. The highest BCUT2D eigenvalue weighted by atomic mass is 19.4. The molecule has 0 unspecified atom stereocenters. The Morgan fingerprint density at radius 3 is 1.08 bits per heavy atom. The fraction of sp³-hybridized carbons (Fsp3) is 0.516. The van der Waals surface area contributed by atoms with Crippen LogP contribution in [0.2, 0.25) is 0 Å². The molecule has 1 aliphatic heterocycles. The quantitative estimate of drug-likeness (QED) is 0.114. The van der Waals surface area contributed by atoms with Gasteiger partial charge in [-0.1, -0.05) is 29.3 Å². The number of ether oxygens (including phenoxy) is 1. The molecule has 0 N–H and O–H groups in total. The van der Waals surface area contributed by atoms with Crippen molar-refractivity contribution in [1.29, 1.82) is 0 Å². The number of halogens is 26. The average molecular weight is 973 g/mol. The van der Waals surface area contributed by atoms with Crippen LogP contribution in [-0.4, -0.2) is 89.4 Å². The van der Waals surface area contributed by atoms with E-state index in [1.807, 2.05) is 0 Å². The molecule has 4 rings (SSSR count). The van der Waals surface area contributed by atoms with E-state index >= 15 is 17.6 Å². The summed E-state index contributed by atoms with van der Waals surface area (Å²) < 4.78 is 365. The van der Waals surface area contributed by atoms with Crippen molar-refractivity contribution < 1.29 is 138 Å². The van der Waals surface area contributed by atoms with E-state index in [0.29, 0.717) is 0 Å². The molecule has 1 aliphatic carbocycles. The largest absolute Gasteiger partial charge is 0.533 e. The number of amides is 2. The Morgan fingerprint density at radius 1 is 0.476 bits per heavy atom. The maximum atomic E-state index is 15.2. The highest BCUT2D eigenvalue weighted by Gasteiger charge is 2.92. The summed E-state index contributed by atoms with van der Waals surface area (Å²) in [5.41, 5.74) is -10.4. The average Bonchev–Trinajstić information content (AvgIpc) is 3.62. The molecule has 2 amide bonds. The maximum absolute atomic E-state index is 15.2. The number of imide groups is 1. The number of carbonyl (C=O) groups is 3. The van der Waals surface area contributed by atoms with Crippen LogP contribution >= 0.6 is 0 Å². The lowest BCUT2D eigenvalue weighted by Gasteiger charge is -2.40. The minimum absolute atomic E-state index is 0.0473. The molecule has 32 heteroatoms. The van der Waals surface area contributed by atoms with Crippen LogP contribution in [0.3, 0.4) is 0 Å². The van der Waals surface area contributed by atoms with Gasteiger partial charge in [0.15, 0.2) is 0 Å². The minimum Gasteiger partial charge on any atom is -0.432 e. The van der Waals surface area contributed by atoms with Crippen molar-refractivity contribution in [3.8, 4) is 11.1 Å². The molecular formula is C31H13F26NO5. The van der Waals surface area contributed by atoms with Gasteiger partial charge in [0.1, 0.15) is 6.61 Å². The zero-order chi connectivity index (χ0) is 49.1. The molecule has 2 aliphatic rings. The van der Waals surface area contributed by atoms with Crippen LogP contribution in [0.25, 0.3) is 11.1 Å². The molecule has 0 aromatic heterocycles. The van der Waals surface area contributed by atoms with Gasteiger partial charge >= 0.3 is 77.7 Å². The molecule has 0 radical (unpaired) electrons. The zero-order valence-electron chi connectivity index (χ0n) is 29.0. The van der Waals surface area contributed by atoms with E-state index in [-0.39, 0.29) is 17.2 Å². The lowest BCUT2D eigenvalue weighted by Crippen LogP contribution is -2.69. The van der Waals surface area contributed by atoms with Crippen molar-refractivity contribution in [2.45, 2.75) is 90.3 Å². The Kier molecular flexibility index (Phi) is 11.7. The standard InChI is InChI=1S/C31H13F26NO5/c32-20(33,22(36,37)24(40,41)26(44,45)28(48,49)30(52,53)54)10-1-3-12-13-4-2-11(21(34,35)23(38,39)25(42,43)27(46,47)29(50,51)31(55,56)57)8-15(13)16(14(12)7-10)9-62-19(61)63-58-17(59)5-6-18(58)60/h1-4,7-8,16H,5-6,9H2. The number of rotatable bonds is 13. The first-order valence-corrected chi connectivity index (χ1v) is 15.8. The monoisotopic (exact) mass is 973 g/mol. The third-order valence-corrected chi connectivity index (χ3v) is 9.28. The first-order chi connectivity index (χ1) is 27.9. The number of hydroxylamine groups is 2. The Labute approximate surface area is 328 Å². The van der Waals surface area contributed by atoms with Gasteiger partial charge in [0, 0.05) is 29.9 Å². The van der Waals surface area contributed by atoms with Crippen LogP contribution in [-0.2, 0) is 31.0 Å². The molecule has 0 saturated carbocycles. The maximum Gasteiger partial charge on any atom is 0.533 e. The second-order valence-electron chi connectivity index (χ2n) is 13.1. The highest BCUT2D eigenvalue weighted by Crippen LogP contribution is 2.64. The van der Waals surface area contributed by atoms with Gasteiger partial charge in [0.25, 0.3) is 11.8 Å². The summed E-state index contributed by atoms with van der Waals surface area (Å²) in [5, 5.41) is -0.323. The van der Waals surface area contributed by atoms with Gasteiger partial charge in [-0.2, -0.15) is 114 Å². The van der Waals surface area contributed by atoms with E-state index in [1.54, 1.807) is 0 Å². The molecule has 354 valence electrons. The van der Waals surface area contributed by atoms with Gasteiger partial charge in [-0.3, -0.25) is 14.4 Å². The zero-order valence-corrected chi connectivity index (χ0v) is 29.0. The summed E-state index contributed by atoms with van der Waals surface area (Å²) in [5.74, 6) is -85.4. The lowest BCUT2D eigenvalue weighted by atomic mass is 9.87. The van der Waals surface area contributed by atoms with Crippen molar-refractivity contribution in [1.82, 2.24) is 5.06 Å². The number of benzene rings is 2. The molecule has 63 heavy (non-hydrogen) atoms. The normalized spacial score (nSPS) is 17.0. The van der Waals surface area contributed by atoms with Crippen molar-refractivity contribution >= 4 is 18.0 Å². The van der Waals surface area contributed by atoms with Gasteiger partial charge in [-0.25, -0.2) is 4.79 Å². The molecule has 0 bridgehead atoms. The lowest BCUT2D eigenvalue weighted by molar-refractivity contribution is -0.441. The molecule has 2 aromatic carbocycles. The van der Waals surface area contributed by atoms with E-state index in [9.17, 15) is 111 Å². The van der Waals surface area contributed by atoms with Crippen LogP contribution in [0, 0.1) is 0 Å². The summed E-state index contributed by atoms with van der Waals surface area (Å²) >= 11 is 0. The van der Waals surface area contributed by atoms with E-state index < -0.39 is 173 Å². The van der Waals surface area contributed by atoms with Crippen LogP contribution < -0.4 is 0 Å². The molecule has 2 aromatic rings. The predicted molar refractivity (Wildman–Crippen MR) is 147 cm³/mol. The van der Waals surface area contributed by atoms with Crippen molar-refractivity contribution in [2.75, 3.05) is 6.61 Å². The van der Waals surface area contributed by atoms with E-state index in [0.717, 1.165) is 0 Å². The van der Waals surface area contributed by atoms with Gasteiger partial charge in [-0.05, 0) is 34.4 Å². The van der Waals surface area contributed by atoms with Crippen LogP contribution in [0.1, 0.15) is 41.0 Å². The van der Waals surface area contributed by atoms with Crippen LogP contribution in [0.15, 0.2) is 36.4 Å². The summed E-state index contributed by atoms with van der Waals surface area (Å²) in [6.07, 6.45) is -19.2. The van der Waals surface area contributed by atoms with Crippen molar-refractivity contribution in [2.24, 2.45) is 0 Å². The van der Waals surface area contributed by atoms with Gasteiger partial charge in [-0.15, -0.1) is 0 Å². The molecule has 1 saturated heterocycles. The summed E-state index contributed by atoms with van der Waals surface area (Å²) in [6, 6.07) is -2.34. The van der Waals surface area contributed by atoms with E-state index in [1.165, 1.54) is 0 Å². The smallest absolute Gasteiger partial charge is 0.432 e. The molecule has 0 spiro atoms. The van der Waals surface area contributed by atoms with E-state index in [2.05, 4.69) is 9.57 Å². The Balaban J connectivity index is 1.89. The summed E-state index contributed by atoms with van der Waals surface area (Å²) in [4.78, 5) is 39.9. The van der Waals surface area contributed by atoms with Crippen LogP contribution in [0.5, 0.6) is 0 Å². The van der Waals surface area contributed by atoms with E-state index in [4.69, 9.17) is 0 Å². The number of nitrogens with zero attached hydrogens (tertiary/aromatic N) is 1. The molecule has 1 heterocycles. The minimum atomic E-state index is -8.42. The number of hydrogen-bond acceptors (Lipinski definition) is 5. The third kappa shape index (κ3) is 7.00. The van der Waals surface area contributed by atoms with Gasteiger partial charge in [0.05, 0.1) is 0 Å². The molecular weight excluding hydrogens is 960 g/mol. The number of fused-ring (bicyclic) bond motifs is 3. The number of alkyl halides is 26. The number of carbonyl (C=O) groups excluding carboxylic acids is 3. The Morgan fingerprint density at radius 2 is 0.778 bits per heavy atom. The second-order valence-corrected chi connectivity index (χ2v) is 13.1. The Bertz CT molecular complexity index is 2020. The molecule has 6 nitrogen and oxygen atoms in total.